The molecular formula is C17H25N3O2. The van der Waals surface area contributed by atoms with Gasteiger partial charge in [-0.1, -0.05) is 30.3 Å². The van der Waals surface area contributed by atoms with Gasteiger partial charge in [-0.3, -0.25) is 14.5 Å². The highest BCUT2D eigenvalue weighted by Crippen LogP contribution is 2.19. The van der Waals surface area contributed by atoms with Gasteiger partial charge in [0.05, 0.1) is 19.1 Å². The van der Waals surface area contributed by atoms with Crippen LogP contribution in [0.5, 0.6) is 0 Å². The number of hydrogen-bond acceptors (Lipinski definition) is 3. The molecule has 1 aromatic carbocycles. The van der Waals surface area contributed by atoms with Gasteiger partial charge in [0, 0.05) is 13.1 Å². The molecule has 0 spiro atoms. The van der Waals surface area contributed by atoms with Crippen LogP contribution in [0.15, 0.2) is 30.3 Å². The molecule has 1 aliphatic rings. The number of rotatable bonds is 7. The number of carbonyl (C=O) groups excluding carboxylic acids is 2. The minimum atomic E-state index is -0.00318. The second-order valence-electron chi connectivity index (χ2n) is 6.11. The van der Waals surface area contributed by atoms with Gasteiger partial charge in [0.2, 0.25) is 11.8 Å². The number of carbonyl (C=O) groups is 2. The molecule has 0 radical (unpaired) electrons. The molecule has 5 heteroatoms. The standard InChI is InChI=1S/C17H25N3O2/c1-13(14-7-5-4-6-8-14)20(3)17(22)12-19(2)11-16(21)18-15-9-10-15/h4-8,13,15H,9-12H2,1-3H3,(H,18,21)/t13-/m0/s1. The van der Waals surface area contributed by atoms with E-state index in [1.165, 1.54) is 0 Å². The summed E-state index contributed by atoms with van der Waals surface area (Å²) in [6, 6.07) is 10.3. The monoisotopic (exact) mass is 303 g/mol. The summed E-state index contributed by atoms with van der Waals surface area (Å²) < 4.78 is 0. The predicted molar refractivity (Wildman–Crippen MR) is 86.3 cm³/mol. The van der Waals surface area contributed by atoms with Crippen molar-refractivity contribution in [1.29, 1.82) is 0 Å². The number of likely N-dealkylation sites (N-methyl/N-ethyl adjacent to an activating group) is 2. The first kappa shape index (κ1) is 16.5. The van der Waals surface area contributed by atoms with Crippen molar-refractivity contribution in [3.63, 3.8) is 0 Å². The summed E-state index contributed by atoms with van der Waals surface area (Å²) in [6.07, 6.45) is 2.15. The van der Waals surface area contributed by atoms with Crippen molar-refractivity contribution in [2.24, 2.45) is 0 Å². The van der Waals surface area contributed by atoms with Crippen molar-refractivity contribution < 1.29 is 9.59 Å². The van der Waals surface area contributed by atoms with Gasteiger partial charge in [0.15, 0.2) is 0 Å². The van der Waals surface area contributed by atoms with Crippen molar-refractivity contribution in [1.82, 2.24) is 15.1 Å². The van der Waals surface area contributed by atoms with Crippen molar-refractivity contribution >= 4 is 11.8 Å². The fraction of sp³-hybridized carbons (Fsp3) is 0.529. The molecule has 5 nitrogen and oxygen atoms in total. The van der Waals surface area contributed by atoms with E-state index < -0.39 is 0 Å². The van der Waals surface area contributed by atoms with Crippen molar-refractivity contribution in [2.75, 3.05) is 27.2 Å². The molecule has 2 amide bonds. The number of nitrogens with zero attached hydrogens (tertiary/aromatic N) is 2. The lowest BCUT2D eigenvalue weighted by Gasteiger charge is -2.27. The lowest BCUT2D eigenvalue weighted by Crippen LogP contribution is -2.42. The minimum Gasteiger partial charge on any atom is -0.352 e. The average Bonchev–Trinajstić information content (AvgIpc) is 3.30. The minimum absolute atomic E-state index is 0.00318. The molecule has 1 saturated carbocycles. The Morgan fingerprint density at radius 3 is 2.41 bits per heavy atom. The second-order valence-corrected chi connectivity index (χ2v) is 6.11. The number of benzene rings is 1. The van der Waals surface area contributed by atoms with Crippen LogP contribution in [0.1, 0.15) is 31.4 Å². The van der Waals surface area contributed by atoms with Crippen LogP contribution in [-0.4, -0.2) is 54.8 Å². The predicted octanol–water partition coefficient (Wildman–Crippen LogP) is 1.42. The Hall–Kier alpha value is -1.88. The molecule has 22 heavy (non-hydrogen) atoms. The van der Waals surface area contributed by atoms with Gasteiger partial charge in [-0.05, 0) is 32.4 Å². The van der Waals surface area contributed by atoms with Crippen LogP contribution in [0.25, 0.3) is 0 Å². The summed E-state index contributed by atoms with van der Waals surface area (Å²) in [5, 5.41) is 2.93. The van der Waals surface area contributed by atoms with Crippen molar-refractivity contribution in [2.45, 2.75) is 31.8 Å². The highest BCUT2D eigenvalue weighted by Gasteiger charge is 2.24. The zero-order valence-corrected chi connectivity index (χ0v) is 13.6. The Morgan fingerprint density at radius 1 is 1.18 bits per heavy atom. The van der Waals surface area contributed by atoms with Crippen molar-refractivity contribution in [3.8, 4) is 0 Å². The summed E-state index contributed by atoms with van der Waals surface area (Å²) in [6.45, 7) is 2.51. The quantitative estimate of drug-likeness (QED) is 0.829. The molecule has 0 heterocycles. The summed E-state index contributed by atoms with van der Waals surface area (Å²) >= 11 is 0. The summed E-state index contributed by atoms with van der Waals surface area (Å²) in [7, 11) is 3.60. The van der Waals surface area contributed by atoms with E-state index in [0.717, 1.165) is 18.4 Å². The molecule has 1 atom stereocenters. The maximum Gasteiger partial charge on any atom is 0.236 e. The first-order valence-electron chi connectivity index (χ1n) is 7.76. The smallest absolute Gasteiger partial charge is 0.236 e. The van der Waals surface area contributed by atoms with Crippen LogP contribution in [0.4, 0.5) is 0 Å². The Labute approximate surface area is 132 Å². The highest BCUT2D eigenvalue weighted by molar-refractivity contribution is 5.81. The van der Waals surface area contributed by atoms with Gasteiger partial charge in [-0.2, -0.15) is 0 Å². The van der Waals surface area contributed by atoms with E-state index in [0.29, 0.717) is 6.04 Å². The second kappa shape index (κ2) is 7.40. The number of hydrogen-bond donors (Lipinski definition) is 1. The third-order valence-electron chi connectivity index (χ3n) is 4.02. The molecule has 1 fully saturated rings. The van der Waals surface area contributed by atoms with Crippen LogP contribution in [0.3, 0.4) is 0 Å². The molecule has 0 unspecified atom stereocenters. The molecule has 120 valence electrons. The molecule has 0 aromatic heterocycles. The molecule has 0 saturated heterocycles. The van der Waals surface area contributed by atoms with Crippen LogP contribution >= 0.6 is 0 Å². The molecule has 1 N–H and O–H groups in total. The lowest BCUT2D eigenvalue weighted by molar-refractivity contribution is -0.133. The fourth-order valence-corrected chi connectivity index (χ4v) is 2.32. The maximum atomic E-state index is 12.3. The van der Waals surface area contributed by atoms with E-state index in [1.54, 1.807) is 23.9 Å². The molecule has 1 aliphatic carbocycles. The van der Waals surface area contributed by atoms with E-state index in [2.05, 4.69) is 5.32 Å². The number of amides is 2. The van der Waals surface area contributed by atoms with Gasteiger partial charge in [-0.25, -0.2) is 0 Å². The summed E-state index contributed by atoms with van der Waals surface area (Å²) in [5.41, 5.74) is 1.10. The van der Waals surface area contributed by atoms with E-state index in [1.807, 2.05) is 37.3 Å². The van der Waals surface area contributed by atoms with Gasteiger partial charge in [0.25, 0.3) is 0 Å². The van der Waals surface area contributed by atoms with Crippen LogP contribution in [0, 0.1) is 0 Å². The normalized spacial score (nSPS) is 15.5. The SMILES string of the molecule is C[C@@H](c1ccccc1)N(C)C(=O)CN(C)CC(=O)NC1CC1. The van der Waals surface area contributed by atoms with Crippen LogP contribution in [0.2, 0.25) is 0 Å². The van der Waals surface area contributed by atoms with E-state index in [-0.39, 0.29) is 30.9 Å². The van der Waals surface area contributed by atoms with Gasteiger partial charge in [-0.15, -0.1) is 0 Å². The Morgan fingerprint density at radius 2 is 1.82 bits per heavy atom. The van der Waals surface area contributed by atoms with Crippen molar-refractivity contribution in [3.05, 3.63) is 35.9 Å². The lowest BCUT2D eigenvalue weighted by atomic mass is 10.1. The highest BCUT2D eigenvalue weighted by atomic mass is 16.2. The molecular weight excluding hydrogens is 278 g/mol. The third-order valence-corrected chi connectivity index (χ3v) is 4.02. The first-order valence-corrected chi connectivity index (χ1v) is 7.76. The van der Waals surface area contributed by atoms with Gasteiger partial charge >= 0.3 is 0 Å². The molecule has 1 aromatic rings. The van der Waals surface area contributed by atoms with Gasteiger partial charge in [0.1, 0.15) is 0 Å². The van der Waals surface area contributed by atoms with Crippen LogP contribution < -0.4 is 5.32 Å². The Bertz CT molecular complexity index is 514. The topological polar surface area (TPSA) is 52.7 Å². The zero-order valence-electron chi connectivity index (χ0n) is 13.6. The summed E-state index contributed by atoms with van der Waals surface area (Å²) in [4.78, 5) is 27.6. The van der Waals surface area contributed by atoms with E-state index in [4.69, 9.17) is 0 Å². The first-order chi connectivity index (χ1) is 10.5. The Kier molecular flexibility index (Phi) is 5.55. The van der Waals surface area contributed by atoms with E-state index in [9.17, 15) is 9.59 Å². The molecule has 2 rings (SSSR count). The van der Waals surface area contributed by atoms with E-state index >= 15 is 0 Å². The third kappa shape index (κ3) is 4.84. The Balaban J connectivity index is 1.80. The van der Waals surface area contributed by atoms with Gasteiger partial charge < -0.3 is 10.2 Å². The zero-order chi connectivity index (χ0) is 16.1. The fourth-order valence-electron chi connectivity index (χ4n) is 2.32. The average molecular weight is 303 g/mol. The molecule has 0 aliphatic heterocycles. The van der Waals surface area contributed by atoms with Crippen LogP contribution in [-0.2, 0) is 9.59 Å². The number of nitrogens with one attached hydrogen (secondary N) is 1. The largest absolute Gasteiger partial charge is 0.352 e. The molecule has 0 bridgehead atoms. The summed E-state index contributed by atoms with van der Waals surface area (Å²) in [5.74, 6) is 0.00892. The maximum absolute atomic E-state index is 12.3.